The van der Waals surface area contributed by atoms with Crippen LogP contribution in [0.4, 0.5) is 0 Å². The zero-order valence-electron chi connectivity index (χ0n) is 11.9. The Balaban J connectivity index is 1.94. The highest BCUT2D eigenvalue weighted by Gasteiger charge is 2.06. The summed E-state index contributed by atoms with van der Waals surface area (Å²) in [6.45, 7) is 7.43. The van der Waals surface area contributed by atoms with Gasteiger partial charge in [0.15, 0.2) is 0 Å². The average Bonchev–Trinajstić information content (AvgIpc) is 2.46. The van der Waals surface area contributed by atoms with Crippen molar-refractivity contribution in [3.63, 3.8) is 0 Å². The second-order valence-corrected chi connectivity index (χ2v) is 5.25. The number of hydrogen-bond acceptors (Lipinski definition) is 2. The molecule has 2 aromatic rings. The van der Waals surface area contributed by atoms with Crippen LogP contribution in [0.15, 0.2) is 48.7 Å². The van der Waals surface area contributed by atoms with Crippen molar-refractivity contribution in [1.29, 1.82) is 0 Å². The highest BCUT2D eigenvalue weighted by atomic mass is 14.9. The SMILES string of the molecule is CC(C)c1ccc(C(C)NCc2ccccn2)cc1. The van der Waals surface area contributed by atoms with Crippen LogP contribution in [0.1, 0.15) is 49.6 Å². The number of pyridine rings is 1. The molecule has 0 amide bonds. The summed E-state index contributed by atoms with van der Waals surface area (Å²) in [5.74, 6) is 0.589. The lowest BCUT2D eigenvalue weighted by Crippen LogP contribution is -2.18. The van der Waals surface area contributed by atoms with E-state index in [2.05, 4.69) is 55.3 Å². The maximum atomic E-state index is 4.32. The van der Waals surface area contributed by atoms with Gasteiger partial charge in [-0.05, 0) is 36.1 Å². The predicted octanol–water partition coefficient (Wildman–Crippen LogP) is 4.06. The van der Waals surface area contributed by atoms with E-state index in [9.17, 15) is 0 Å². The average molecular weight is 254 g/mol. The number of hydrogen-bond donors (Lipinski definition) is 1. The molecule has 1 N–H and O–H groups in total. The predicted molar refractivity (Wildman–Crippen MR) is 80.0 cm³/mol. The van der Waals surface area contributed by atoms with E-state index >= 15 is 0 Å². The van der Waals surface area contributed by atoms with Gasteiger partial charge in [-0.15, -0.1) is 0 Å². The number of nitrogens with zero attached hydrogens (tertiary/aromatic N) is 1. The second kappa shape index (κ2) is 6.48. The molecule has 1 aromatic heterocycles. The monoisotopic (exact) mass is 254 g/mol. The van der Waals surface area contributed by atoms with E-state index in [0.717, 1.165) is 12.2 Å². The van der Waals surface area contributed by atoms with Crippen molar-refractivity contribution in [3.8, 4) is 0 Å². The van der Waals surface area contributed by atoms with Crippen molar-refractivity contribution in [1.82, 2.24) is 10.3 Å². The molecule has 1 heterocycles. The molecule has 0 aliphatic rings. The molecule has 0 saturated carbocycles. The molecule has 0 fully saturated rings. The molecule has 19 heavy (non-hydrogen) atoms. The minimum Gasteiger partial charge on any atom is -0.305 e. The zero-order valence-corrected chi connectivity index (χ0v) is 11.9. The molecular weight excluding hydrogens is 232 g/mol. The third kappa shape index (κ3) is 3.90. The van der Waals surface area contributed by atoms with Gasteiger partial charge >= 0.3 is 0 Å². The van der Waals surface area contributed by atoms with Gasteiger partial charge < -0.3 is 5.32 Å². The lowest BCUT2D eigenvalue weighted by molar-refractivity contribution is 0.567. The van der Waals surface area contributed by atoms with E-state index in [-0.39, 0.29) is 0 Å². The van der Waals surface area contributed by atoms with Crippen LogP contribution < -0.4 is 5.32 Å². The van der Waals surface area contributed by atoms with Gasteiger partial charge in [0, 0.05) is 18.8 Å². The summed E-state index contributed by atoms with van der Waals surface area (Å²) in [7, 11) is 0. The van der Waals surface area contributed by atoms with E-state index in [1.54, 1.807) is 0 Å². The van der Waals surface area contributed by atoms with Crippen molar-refractivity contribution < 1.29 is 0 Å². The van der Waals surface area contributed by atoms with Crippen LogP contribution in [-0.2, 0) is 6.54 Å². The first-order valence-electron chi connectivity index (χ1n) is 6.90. The molecule has 2 heteroatoms. The van der Waals surface area contributed by atoms with Gasteiger partial charge in [0.05, 0.1) is 5.69 Å². The van der Waals surface area contributed by atoms with Crippen molar-refractivity contribution in [2.75, 3.05) is 0 Å². The maximum absolute atomic E-state index is 4.32. The molecule has 1 atom stereocenters. The Morgan fingerprint density at radius 2 is 1.63 bits per heavy atom. The van der Waals surface area contributed by atoms with Gasteiger partial charge in [-0.2, -0.15) is 0 Å². The Bertz CT molecular complexity index is 488. The molecule has 0 aliphatic heterocycles. The van der Waals surface area contributed by atoms with Crippen LogP contribution in [0, 0.1) is 0 Å². The van der Waals surface area contributed by atoms with E-state index in [1.807, 2.05) is 24.4 Å². The zero-order chi connectivity index (χ0) is 13.7. The largest absolute Gasteiger partial charge is 0.305 e. The van der Waals surface area contributed by atoms with Crippen LogP contribution in [0.25, 0.3) is 0 Å². The van der Waals surface area contributed by atoms with Gasteiger partial charge in [0.2, 0.25) is 0 Å². The fraction of sp³-hybridized carbons (Fsp3) is 0.353. The minimum atomic E-state index is 0.336. The third-order valence-electron chi connectivity index (χ3n) is 3.42. The first-order valence-corrected chi connectivity index (χ1v) is 6.90. The standard InChI is InChI=1S/C17H22N2/c1-13(2)15-7-9-16(10-8-15)14(3)19-12-17-6-4-5-11-18-17/h4-11,13-14,19H,12H2,1-3H3. The number of nitrogens with one attached hydrogen (secondary N) is 1. The number of rotatable bonds is 5. The smallest absolute Gasteiger partial charge is 0.0541 e. The molecule has 0 spiro atoms. The second-order valence-electron chi connectivity index (χ2n) is 5.25. The maximum Gasteiger partial charge on any atom is 0.0541 e. The van der Waals surface area contributed by atoms with Crippen LogP contribution in [-0.4, -0.2) is 4.98 Å². The molecule has 2 rings (SSSR count). The Labute approximate surface area is 115 Å². The van der Waals surface area contributed by atoms with Crippen LogP contribution >= 0.6 is 0 Å². The molecule has 100 valence electrons. The van der Waals surface area contributed by atoms with E-state index in [1.165, 1.54) is 11.1 Å². The Morgan fingerprint density at radius 3 is 2.21 bits per heavy atom. The van der Waals surface area contributed by atoms with Crippen LogP contribution in [0.5, 0.6) is 0 Å². The summed E-state index contributed by atoms with van der Waals surface area (Å²) in [6.07, 6.45) is 1.83. The van der Waals surface area contributed by atoms with Crippen molar-refractivity contribution in [3.05, 3.63) is 65.5 Å². The Kier molecular flexibility index (Phi) is 4.69. The van der Waals surface area contributed by atoms with Crippen LogP contribution in [0.2, 0.25) is 0 Å². The summed E-state index contributed by atoms with van der Waals surface area (Å²) in [6, 6.07) is 15.2. The van der Waals surface area contributed by atoms with Gasteiger partial charge in [-0.25, -0.2) is 0 Å². The number of aromatic nitrogens is 1. The highest BCUT2D eigenvalue weighted by molar-refractivity contribution is 5.26. The Morgan fingerprint density at radius 1 is 0.947 bits per heavy atom. The summed E-state index contributed by atoms with van der Waals surface area (Å²) >= 11 is 0. The van der Waals surface area contributed by atoms with Gasteiger partial charge in [-0.3, -0.25) is 4.98 Å². The normalized spacial score (nSPS) is 12.6. The molecular formula is C17H22N2. The molecule has 1 unspecified atom stereocenters. The van der Waals surface area contributed by atoms with Gasteiger partial charge in [-0.1, -0.05) is 44.2 Å². The summed E-state index contributed by atoms with van der Waals surface area (Å²) < 4.78 is 0. The first kappa shape index (κ1) is 13.8. The van der Waals surface area contributed by atoms with Gasteiger partial charge in [0.1, 0.15) is 0 Å². The molecule has 2 nitrogen and oxygen atoms in total. The summed E-state index contributed by atoms with van der Waals surface area (Å²) in [4.78, 5) is 4.32. The van der Waals surface area contributed by atoms with E-state index in [4.69, 9.17) is 0 Å². The molecule has 0 saturated heterocycles. The molecule has 0 radical (unpaired) electrons. The topological polar surface area (TPSA) is 24.9 Å². The molecule has 0 bridgehead atoms. The van der Waals surface area contributed by atoms with E-state index in [0.29, 0.717) is 12.0 Å². The summed E-state index contributed by atoms with van der Waals surface area (Å²) in [5, 5.41) is 3.50. The first-order chi connectivity index (χ1) is 9.16. The summed E-state index contributed by atoms with van der Waals surface area (Å²) in [5.41, 5.74) is 3.79. The third-order valence-corrected chi connectivity index (χ3v) is 3.42. The van der Waals surface area contributed by atoms with Crippen LogP contribution in [0.3, 0.4) is 0 Å². The Hall–Kier alpha value is -1.67. The quantitative estimate of drug-likeness (QED) is 0.870. The van der Waals surface area contributed by atoms with Gasteiger partial charge in [0.25, 0.3) is 0 Å². The van der Waals surface area contributed by atoms with Crippen molar-refractivity contribution in [2.24, 2.45) is 0 Å². The molecule has 1 aromatic carbocycles. The van der Waals surface area contributed by atoms with Crippen molar-refractivity contribution >= 4 is 0 Å². The van der Waals surface area contributed by atoms with Crippen molar-refractivity contribution in [2.45, 2.75) is 39.3 Å². The number of benzene rings is 1. The fourth-order valence-corrected chi connectivity index (χ4v) is 2.05. The van der Waals surface area contributed by atoms with E-state index < -0.39 is 0 Å². The lowest BCUT2D eigenvalue weighted by Gasteiger charge is -2.15. The molecule has 0 aliphatic carbocycles. The lowest BCUT2D eigenvalue weighted by atomic mass is 9.99. The minimum absolute atomic E-state index is 0.336. The highest BCUT2D eigenvalue weighted by Crippen LogP contribution is 2.18. The fourth-order valence-electron chi connectivity index (χ4n) is 2.05.